The molecule has 4 nitrogen and oxygen atoms in total. The van der Waals surface area contributed by atoms with Gasteiger partial charge in [0.25, 0.3) is 0 Å². The van der Waals surface area contributed by atoms with Crippen LogP contribution >= 0.6 is 11.6 Å². The Balaban J connectivity index is 3.06. The molecule has 1 rings (SSSR count). The first kappa shape index (κ1) is 10.8. The zero-order chi connectivity index (χ0) is 10.7. The van der Waals surface area contributed by atoms with Crippen molar-refractivity contribution in [3.8, 4) is 5.75 Å². The molecule has 0 amide bonds. The van der Waals surface area contributed by atoms with Crippen LogP contribution in [0.2, 0.25) is 5.02 Å². The van der Waals surface area contributed by atoms with Gasteiger partial charge in [0.05, 0.1) is 10.9 Å². The topological polar surface area (TPSA) is 83.6 Å². The third-order valence-corrected chi connectivity index (χ3v) is 2.23. The summed E-state index contributed by atoms with van der Waals surface area (Å²) in [5.74, 6) is -1.96. The minimum atomic E-state index is -1.02. The second-order valence-corrected chi connectivity index (χ2v) is 3.24. The van der Waals surface area contributed by atoms with Gasteiger partial charge >= 0.3 is 5.97 Å². The summed E-state index contributed by atoms with van der Waals surface area (Å²) in [6.45, 7) is -0.0175. The van der Waals surface area contributed by atoms with Crippen LogP contribution in [-0.2, 0) is 4.79 Å². The number of carboxylic acids is 1. The van der Waals surface area contributed by atoms with Gasteiger partial charge in [0.15, 0.2) is 0 Å². The lowest BCUT2D eigenvalue weighted by atomic mass is 9.99. The fraction of sp³-hybridized carbons (Fsp3) is 0.222. The van der Waals surface area contributed by atoms with Crippen LogP contribution in [0.1, 0.15) is 11.5 Å². The molecular weight excluding hydrogens is 206 g/mol. The second kappa shape index (κ2) is 4.30. The predicted octanol–water partition coefficient (Wildman–Crippen LogP) is 1.17. The molecule has 0 aliphatic carbocycles. The van der Waals surface area contributed by atoms with E-state index in [4.69, 9.17) is 22.4 Å². The van der Waals surface area contributed by atoms with Crippen molar-refractivity contribution < 1.29 is 15.0 Å². The number of aliphatic carboxylic acids is 1. The molecule has 0 radical (unpaired) electrons. The molecule has 0 fully saturated rings. The van der Waals surface area contributed by atoms with E-state index in [1.165, 1.54) is 18.2 Å². The number of hydrogen-bond acceptors (Lipinski definition) is 3. The van der Waals surface area contributed by atoms with Crippen molar-refractivity contribution in [1.82, 2.24) is 0 Å². The molecule has 0 aromatic heterocycles. The van der Waals surface area contributed by atoms with Crippen LogP contribution in [0.4, 0.5) is 0 Å². The van der Waals surface area contributed by atoms with Crippen LogP contribution in [0.15, 0.2) is 18.2 Å². The number of carbonyl (C=O) groups is 1. The standard InChI is InChI=1S/C9H10ClNO3/c10-7-2-1-5(3-8(7)12)6(4-11)9(13)14/h1-3,6,12H,4,11H2,(H,13,14). The average molecular weight is 216 g/mol. The molecule has 5 heteroatoms. The highest BCUT2D eigenvalue weighted by Crippen LogP contribution is 2.27. The van der Waals surface area contributed by atoms with Gasteiger partial charge in [0.2, 0.25) is 0 Å². The quantitative estimate of drug-likeness (QED) is 0.707. The van der Waals surface area contributed by atoms with Gasteiger partial charge in [-0.15, -0.1) is 0 Å². The van der Waals surface area contributed by atoms with Crippen LogP contribution in [0, 0.1) is 0 Å². The molecule has 1 aromatic rings. The minimum Gasteiger partial charge on any atom is -0.506 e. The number of rotatable bonds is 3. The Morgan fingerprint density at radius 3 is 2.64 bits per heavy atom. The molecule has 1 aromatic carbocycles. The summed E-state index contributed by atoms with van der Waals surface area (Å²) in [6, 6.07) is 4.29. The number of nitrogens with two attached hydrogens (primary N) is 1. The molecule has 76 valence electrons. The number of hydrogen-bond donors (Lipinski definition) is 3. The van der Waals surface area contributed by atoms with Gasteiger partial charge in [-0.25, -0.2) is 0 Å². The van der Waals surface area contributed by atoms with Crippen molar-refractivity contribution in [3.63, 3.8) is 0 Å². The summed E-state index contributed by atoms with van der Waals surface area (Å²) >= 11 is 5.58. The lowest BCUT2D eigenvalue weighted by Gasteiger charge is -2.10. The lowest BCUT2D eigenvalue weighted by Crippen LogP contribution is -2.20. The fourth-order valence-electron chi connectivity index (χ4n) is 1.13. The van der Waals surface area contributed by atoms with Gasteiger partial charge in [0.1, 0.15) is 5.75 Å². The number of benzene rings is 1. The van der Waals surface area contributed by atoms with Crippen molar-refractivity contribution >= 4 is 17.6 Å². The molecule has 0 bridgehead atoms. The lowest BCUT2D eigenvalue weighted by molar-refractivity contribution is -0.138. The largest absolute Gasteiger partial charge is 0.506 e. The van der Waals surface area contributed by atoms with Crippen molar-refractivity contribution in [2.75, 3.05) is 6.54 Å². The minimum absolute atomic E-state index is 0.0175. The molecule has 0 saturated carbocycles. The summed E-state index contributed by atoms with van der Waals surface area (Å²) in [6.07, 6.45) is 0. The summed E-state index contributed by atoms with van der Waals surface area (Å²) in [7, 11) is 0. The van der Waals surface area contributed by atoms with Gasteiger partial charge in [0, 0.05) is 6.54 Å². The molecule has 0 heterocycles. The molecule has 0 spiro atoms. The number of aromatic hydroxyl groups is 1. The van der Waals surface area contributed by atoms with E-state index in [-0.39, 0.29) is 17.3 Å². The zero-order valence-electron chi connectivity index (χ0n) is 7.27. The first-order chi connectivity index (χ1) is 6.56. The Bertz CT molecular complexity index is 354. The van der Waals surface area contributed by atoms with Crippen molar-refractivity contribution in [1.29, 1.82) is 0 Å². The maximum atomic E-state index is 10.7. The highest BCUT2D eigenvalue weighted by Gasteiger charge is 2.18. The molecule has 4 N–H and O–H groups in total. The Hall–Kier alpha value is -1.26. The number of carboxylic acid groups (broad SMARTS) is 1. The average Bonchev–Trinajstić information content (AvgIpc) is 2.11. The summed E-state index contributed by atoms with van der Waals surface area (Å²) in [4.78, 5) is 10.7. The van der Waals surface area contributed by atoms with Crippen LogP contribution < -0.4 is 5.73 Å². The van der Waals surface area contributed by atoms with E-state index in [9.17, 15) is 9.90 Å². The Morgan fingerprint density at radius 2 is 2.21 bits per heavy atom. The van der Waals surface area contributed by atoms with Crippen LogP contribution in [0.5, 0.6) is 5.75 Å². The van der Waals surface area contributed by atoms with E-state index in [1.807, 2.05) is 0 Å². The summed E-state index contributed by atoms with van der Waals surface area (Å²) in [5, 5.41) is 18.2. The molecule has 0 aliphatic heterocycles. The van der Waals surface area contributed by atoms with Gasteiger partial charge < -0.3 is 15.9 Å². The normalized spacial score (nSPS) is 12.4. The van der Waals surface area contributed by atoms with Crippen molar-refractivity contribution in [2.45, 2.75) is 5.92 Å². The van der Waals surface area contributed by atoms with E-state index in [0.717, 1.165) is 0 Å². The molecule has 0 saturated heterocycles. The first-order valence-corrected chi connectivity index (χ1v) is 4.35. The van der Waals surface area contributed by atoms with Crippen LogP contribution in [-0.4, -0.2) is 22.7 Å². The highest BCUT2D eigenvalue weighted by molar-refractivity contribution is 6.32. The maximum Gasteiger partial charge on any atom is 0.312 e. The molecule has 0 aliphatic rings. The summed E-state index contributed by atoms with van der Waals surface area (Å²) < 4.78 is 0. The SMILES string of the molecule is NCC(C(=O)O)c1ccc(Cl)c(O)c1. The van der Waals surface area contributed by atoms with E-state index >= 15 is 0 Å². The summed E-state index contributed by atoms with van der Waals surface area (Å²) in [5.41, 5.74) is 5.74. The molecule has 1 unspecified atom stereocenters. The Kier molecular flexibility index (Phi) is 3.33. The number of phenols is 1. The number of phenolic OH excluding ortho intramolecular Hbond substituents is 1. The fourth-order valence-corrected chi connectivity index (χ4v) is 1.24. The van der Waals surface area contributed by atoms with Gasteiger partial charge in [-0.1, -0.05) is 17.7 Å². The van der Waals surface area contributed by atoms with Gasteiger partial charge in [-0.2, -0.15) is 0 Å². The van der Waals surface area contributed by atoms with Crippen LogP contribution in [0.3, 0.4) is 0 Å². The highest BCUT2D eigenvalue weighted by atomic mass is 35.5. The molecule has 1 atom stereocenters. The van der Waals surface area contributed by atoms with Gasteiger partial charge in [-0.3, -0.25) is 4.79 Å². The van der Waals surface area contributed by atoms with Crippen molar-refractivity contribution in [2.24, 2.45) is 5.73 Å². The smallest absolute Gasteiger partial charge is 0.312 e. The molecular formula is C9H10ClNO3. The van der Waals surface area contributed by atoms with Crippen LogP contribution in [0.25, 0.3) is 0 Å². The van der Waals surface area contributed by atoms with Crippen molar-refractivity contribution in [3.05, 3.63) is 28.8 Å². The number of halogens is 1. The first-order valence-electron chi connectivity index (χ1n) is 3.97. The predicted molar refractivity (Wildman–Crippen MR) is 52.5 cm³/mol. The Labute approximate surface area is 85.9 Å². The second-order valence-electron chi connectivity index (χ2n) is 2.84. The zero-order valence-corrected chi connectivity index (χ0v) is 8.03. The van der Waals surface area contributed by atoms with Gasteiger partial charge in [-0.05, 0) is 17.7 Å². The maximum absolute atomic E-state index is 10.7. The monoisotopic (exact) mass is 215 g/mol. The molecule has 14 heavy (non-hydrogen) atoms. The third-order valence-electron chi connectivity index (χ3n) is 1.91. The Morgan fingerprint density at radius 1 is 1.57 bits per heavy atom. The third kappa shape index (κ3) is 2.16. The van der Waals surface area contributed by atoms with E-state index in [2.05, 4.69) is 0 Å². The van der Waals surface area contributed by atoms with E-state index in [1.54, 1.807) is 0 Å². The van der Waals surface area contributed by atoms with E-state index in [0.29, 0.717) is 5.56 Å². The van der Waals surface area contributed by atoms with E-state index < -0.39 is 11.9 Å².